The Balaban J connectivity index is 1.55. The molecule has 0 bridgehead atoms. The van der Waals surface area contributed by atoms with Gasteiger partial charge in [0.1, 0.15) is 12.4 Å². The molecule has 2 aliphatic heterocycles. The molecule has 1 N–H and O–H groups in total. The van der Waals surface area contributed by atoms with Gasteiger partial charge in [0.15, 0.2) is 0 Å². The fraction of sp³-hybridized carbons (Fsp3) is 0.227. The second-order valence-electron chi connectivity index (χ2n) is 7.42. The molecule has 2 heterocycles. The van der Waals surface area contributed by atoms with Gasteiger partial charge in [0.2, 0.25) is 5.91 Å². The van der Waals surface area contributed by atoms with Gasteiger partial charge in [0.05, 0.1) is 23.0 Å². The van der Waals surface area contributed by atoms with Crippen LogP contribution in [0.25, 0.3) is 6.08 Å². The van der Waals surface area contributed by atoms with Crippen LogP contribution in [0.4, 0.5) is 26.2 Å². The van der Waals surface area contributed by atoms with Crippen molar-refractivity contribution in [2.45, 2.75) is 0 Å². The highest BCUT2D eigenvalue weighted by Crippen LogP contribution is 2.35. The minimum absolute atomic E-state index is 0.0505. The highest BCUT2D eigenvalue weighted by molar-refractivity contribution is 8.18. The first-order valence-corrected chi connectivity index (χ1v) is 11.1. The Hall–Kier alpha value is -3.77. The maximum absolute atomic E-state index is 13.0. The van der Waals surface area contributed by atoms with E-state index in [1.165, 1.54) is 42.5 Å². The van der Waals surface area contributed by atoms with E-state index in [0.717, 1.165) is 4.90 Å². The predicted octanol–water partition coefficient (Wildman–Crippen LogP) is 3.25. The normalized spacial score (nSPS) is 17.4. The summed E-state index contributed by atoms with van der Waals surface area (Å²) in [5, 5.41) is 13.2. The number of nitrogens with zero attached hydrogens (tertiary/aromatic N) is 3. The van der Waals surface area contributed by atoms with Crippen LogP contribution in [0, 0.1) is 15.9 Å². The lowest BCUT2D eigenvalue weighted by Gasteiger charge is -2.30. The number of nitro benzene ring substituents is 1. The van der Waals surface area contributed by atoms with Crippen molar-refractivity contribution in [2.75, 3.05) is 43.1 Å². The second-order valence-corrected chi connectivity index (χ2v) is 8.42. The Labute approximate surface area is 197 Å². The van der Waals surface area contributed by atoms with Crippen molar-refractivity contribution >= 4 is 52.0 Å². The molecule has 0 aromatic heterocycles. The van der Waals surface area contributed by atoms with E-state index < -0.39 is 34.3 Å². The van der Waals surface area contributed by atoms with E-state index in [1.807, 2.05) is 4.90 Å². The third-order valence-corrected chi connectivity index (χ3v) is 6.07. The van der Waals surface area contributed by atoms with Gasteiger partial charge in [-0.2, -0.15) is 0 Å². The maximum atomic E-state index is 13.0. The molecular formula is C22H19FN4O6S. The van der Waals surface area contributed by atoms with Crippen LogP contribution in [0.15, 0.2) is 47.4 Å². The Morgan fingerprint density at radius 3 is 2.56 bits per heavy atom. The third-order valence-electron chi connectivity index (χ3n) is 5.16. The van der Waals surface area contributed by atoms with E-state index in [4.69, 9.17) is 4.74 Å². The highest BCUT2D eigenvalue weighted by atomic mass is 32.2. The molecule has 0 radical (unpaired) electrons. The first kappa shape index (κ1) is 23.4. The number of rotatable bonds is 6. The SMILES string of the molecule is O=C(CN1C(=O)S/C(=C\c2cc([N+](=O)[O-])ccc2N2CCOCC2)C1=O)Nc1ccc(F)cc1. The molecule has 0 spiro atoms. The average Bonchev–Trinajstić information content (AvgIpc) is 3.08. The molecule has 2 saturated heterocycles. The van der Waals surface area contributed by atoms with Crippen molar-refractivity contribution in [3.8, 4) is 0 Å². The van der Waals surface area contributed by atoms with Gasteiger partial charge in [0.25, 0.3) is 16.8 Å². The molecule has 3 amide bonds. The van der Waals surface area contributed by atoms with Crippen molar-refractivity contribution in [2.24, 2.45) is 0 Å². The zero-order valence-electron chi connectivity index (χ0n) is 17.7. The minimum Gasteiger partial charge on any atom is -0.378 e. The number of nitro groups is 1. The van der Waals surface area contributed by atoms with Crippen LogP contribution in [-0.4, -0.2) is 59.7 Å². The van der Waals surface area contributed by atoms with Crippen molar-refractivity contribution in [1.29, 1.82) is 0 Å². The van der Waals surface area contributed by atoms with Gasteiger partial charge in [-0.1, -0.05) is 0 Å². The third kappa shape index (κ3) is 5.24. The lowest BCUT2D eigenvalue weighted by Crippen LogP contribution is -2.36. The molecule has 176 valence electrons. The summed E-state index contributed by atoms with van der Waals surface area (Å²) in [6, 6.07) is 9.39. The molecule has 0 atom stereocenters. The summed E-state index contributed by atoms with van der Waals surface area (Å²) in [5.41, 5.74) is 1.26. The number of nitrogens with one attached hydrogen (secondary N) is 1. The van der Waals surface area contributed by atoms with E-state index in [0.29, 0.717) is 55.0 Å². The minimum atomic E-state index is -0.677. The van der Waals surface area contributed by atoms with Gasteiger partial charge in [-0.25, -0.2) is 4.39 Å². The summed E-state index contributed by atoms with van der Waals surface area (Å²) >= 11 is 0.652. The summed E-state index contributed by atoms with van der Waals surface area (Å²) in [6.45, 7) is 1.62. The smallest absolute Gasteiger partial charge is 0.294 e. The largest absolute Gasteiger partial charge is 0.378 e. The number of thioether (sulfide) groups is 1. The number of hydrogen-bond acceptors (Lipinski definition) is 8. The van der Waals surface area contributed by atoms with E-state index in [1.54, 1.807) is 6.07 Å². The van der Waals surface area contributed by atoms with Crippen molar-refractivity contribution in [1.82, 2.24) is 4.90 Å². The monoisotopic (exact) mass is 486 g/mol. The number of ether oxygens (including phenoxy) is 1. The van der Waals surface area contributed by atoms with E-state index in [-0.39, 0.29) is 10.6 Å². The van der Waals surface area contributed by atoms with Crippen LogP contribution in [0.1, 0.15) is 5.56 Å². The molecular weight excluding hydrogens is 467 g/mol. The van der Waals surface area contributed by atoms with E-state index in [2.05, 4.69) is 5.32 Å². The molecule has 0 saturated carbocycles. The first-order valence-electron chi connectivity index (χ1n) is 10.2. The van der Waals surface area contributed by atoms with Gasteiger partial charge in [-0.3, -0.25) is 29.4 Å². The summed E-state index contributed by atoms with van der Waals surface area (Å²) in [6.07, 6.45) is 1.43. The zero-order chi connectivity index (χ0) is 24.2. The van der Waals surface area contributed by atoms with Crippen LogP contribution in [0.2, 0.25) is 0 Å². The van der Waals surface area contributed by atoms with Crippen molar-refractivity contribution in [3.05, 3.63) is 68.9 Å². The summed E-state index contributed by atoms with van der Waals surface area (Å²) in [4.78, 5) is 51.2. The van der Waals surface area contributed by atoms with Crippen LogP contribution >= 0.6 is 11.8 Å². The summed E-state index contributed by atoms with van der Waals surface area (Å²) < 4.78 is 18.4. The van der Waals surface area contributed by atoms with Gasteiger partial charge < -0.3 is 15.0 Å². The Morgan fingerprint density at radius 2 is 1.88 bits per heavy atom. The van der Waals surface area contributed by atoms with Gasteiger partial charge in [-0.15, -0.1) is 0 Å². The standard InChI is InChI=1S/C22H19FN4O6S/c23-15-1-3-16(4-2-15)24-20(28)13-26-21(29)19(34-22(26)30)12-14-11-17(27(31)32)5-6-18(14)25-7-9-33-10-8-25/h1-6,11-12H,7-10,13H2,(H,24,28)/b19-12-. The fourth-order valence-corrected chi connectivity index (χ4v) is 4.35. The second kappa shape index (κ2) is 10.0. The van der Waals surface area contributed by atoms with E-state index in [9.17, 15) is 28.9 Å². The number of halogens is 1. The highest BCUT2D eigenvalue weighted by Gasteiger charge is 2.36. The average molecular weight is 486 g/mol. The van der Waals surface area contributed by atoms with Crippen LogP contribution < -0.4 is 10.2 Å². The van der Waals surface area contributed by atoms with Gasteiger partial charge >= 0.3 is 0 Å². The molecule has 12 heteroatoms. The number of morpholine rings is 1. The Bertz CT molecular complexity index is 1180. The molecule has 34 heavy (non-hydrogen) atoms. The van der Waals surface area contributed by atoms with Crippen LogP contribution in [-0.2, 0) is 14.3 Å². The number of imide groups is 1. The molecule has 10 nitrogen and oxygen atoms in total. The number of hydrogen-bond donors (Lipinski definition) is 1. The Morgan fingerprint density at radius 1 is 1.18 bits per heavy atom. The fourth-order valence-electron chi connectivity index (χ4n) is 3.52. The molecule has 0 aliphatic carbocycles. The zero-order valence-corrected chi connectivity index (χ0v) is 18.5. The summed E-state index contributed by atoms with van der Waals surface area (Å²) in [5.74, 6) is -1.77. The molecule has 2 aromatic rings. The van der Waals surface area contributed by atoms with Crippen molar-refractivity contribution < 1.29 is 28.4 Å². The van der Waals surface area contributed by atoms with Gasteiger partial charge in [0, 0.05) is 42.2 Å². The molecule has 4 rings (SSSR count). The van der Waals surface area contributed by atoms with Crippen molar-refractivity contribution in [3.63, 3.8) is 0 Å². The predicted molar refractivity (Wildman–Crippen MR) is 124 cm³/mol. The van der Waals surface area contributed by atoms with E-state index >= 15 is 0 Å². The van der Waals surface area contributed by atoms with Crippen LogP contribution in [0.5, 0.6) is 0 Å². The summed E-state index contributed by atoms with van der Waals surface area (Å²) in [7, 11) is 0. The molecule has 2 fully saturated rings. The molecule has 2 aromatic carbocycles. The number of benzene rings is 2. The number of anilines is 2. The first-order chi connectivity index (χ1) is 16.3. The Kier molecular flexibility index (Phi) is 6.89. The van der Waals surface area contributed by atoms with Crippen LogP contribution in [0.3, 0.4) is 0 Å². The lowest BCUT2D eigenvalue weighted by atomic mass is 10.1. The number of non-ortho nitro benzene ring substituents is 1. The number of amides is 3. The molecule has 2 aliphatic rings. The molecule has 0 unspecified atom stereocenters. The number of carbonyl (C=O) groups excluding carboxylic acids is 3. The topological polar surface area (TPSA) is 122 Å². The quantitative estimate of drug-likeness (QED) is 0.375. The maximum Gasteiger partial charge on any atom is 0.294 e. The lowest BCUT2D eigenvalue weighted by molar-refractivity contribution is -0.384. The number of carbonyl (C=O) groups is 3. The van der Waals surface area contributed by atoms with Gasteiger partial charge in [-0.05, 0) is 48.2 Å².